The van der Waals surface area contributed by atoms with Gasteiger partial charge in [0.2, 0.25) is 0 Å². The van der Waals surface area contributed by atoms with Crippen LogP contribution in [0.15, 0.2) is 15.9 Å². The Balaban J connectivity index is 1.69. The molecular formula is C12H21N3O2S3. The summed E-state index contributed by atoms with van der Waals surface area (Å²) in [6.07, 6.45) is 5.64. The van der Waals surface area contributed by atoms with Crippen LogP contribution in [-0.4, -0.2) is 42.6 Å². The highest BCUT2D eigenvalue weighted by Gasteiger charge is 2.28. The molecule has 114 valence electrons. The fourth-order valence-corrected chi connectivity index (χ4v) is 5.39. The molecule has 1 fully saturated rings. The molecule has 1 aromatic heterocycles. The lowest BCUT2D eigenvalue weighted by Crippen LogP contribution is -2.48. The molecule has 8 heteroatoms. The molecule has 0 unspecified atom stereocenters. The van der Waals surface area contributed by atoms with E-state index in [2.05, 4.69) is 9.71 Å². The van der Waals surface area contributed by atoms with Gasteiger partial charge >= 0.3 is 0 Å². The summed E-state index contributed by atoms with van der Waals surface area (Å²) in [5.74, 6) is 0.881. The van der Waals surface area contributed by atoms with Crippen LogP contribution in [0.5, 0.6) is 0 Å². The minimum atomic E-state index is -3.31. The molecule has 0 aromatic carbocycles. The van der Waals surface area contributed by atoms with Gasteiger partial charge in [-0.1, -0.05) is 18.2 Å². The molecule has 0 spiro atoms. The Morgan fingerprint density at radius 1 is 1.55 bits per heavy atom. The summed E-state index contributed by atoms with van der Waals surface area (Å²) in [5, 5.41) is 1.95. The van der Waals surface area contributed by atoms with E-state index in [1.54, 1.807) is 33.6 Å². The zero-order chi connectivity index (χ0) is 14.4. The molecule has 5 nitrogen and oxygen atoms in total. The minimum Gasteiger partial charge on any atom is -0.238 e. The molecule has 1 saturated heterocycles. The predicted molar refractivity (Wildman–Crippen MR) is 84.4 cm³/mol. The molecule has 1 atom stereocenters. The number of aromatic nitrogens is 1. The van der Waals surface area contributed by atoms with Crippen molar-refractivity contribution in [1.29, 1.82) is 0 Å². The van der Waals surface area contributed by atoms with E-state index >= 15 is 0 Å². The standard InChI is InChI=1S/C12H21N3O2S3/c1-11-5-2-3-8-15(11)20(16,17)14-6-4-9-18-12-13-7-10-19-12/h7,10-11,14H,2-6,8-9H2,1H3/t11-/m1/s1. The zero-order valence-corrected chi connectivity index (χ0v) is 14.1. The second-order valence-corrected chi connectivity index (χ2v) is 8.80. The Bertz CT molecular complexity index is 490. The van der Waals surface area contributed by atoms with Gasteiger partial charge in [0.05, 0.1) is 0 Å². The number of thiazole rings is 1. The van der Waals surface area contributed by atoms with Gasteiger partial charge in [0.1, 0.15) is 4.34 Å². The van der Waals surface area contributed by atoms with Crippen LogP contribution in [0.3, 0.4) is 0 Å². The van der Waals surface area contributed by atoms with Gasteiger partial charge in [0, 0.05) is 36.5 Å². The molecule has 0 amide bonds. The Morgan fingerprint density at radius 3 is 3.10 bits per heavy atom. The molecule has 20 heavy (non-hydrogen) atoms. The SMILES string of the molecule is C[C@@H]1CCCCN1S(=O)(=O)NCCCSc1nccs1. The molecule has 2 heterocycles. The molecule has 1 N–H and O–H groups in total. The van der Waals surface area contributed by atoms with E-state index in [9.17, 15) is 8.42 Å². The van der Waals surface area contributed by atoms with Crippen LogP contribution < -0.4 is 4.72 Å². The predicted octanol–water partition coefficient (Wildman–Crippen LogP) is 2.33. The van der Waals surface area contributed by atoms with E-state index < -0.39 is 10.2 Å². The third kappa shape index (κ3) is 4.70. The second kappa shape index (κ2) is 7.74. The maximum atomic E-state index is 12.2. The second-order valence-electron chi connectivity index (χ2n) is 4.85. The molecule has 0 aliphatic carbocycles. The van der Waals surface area contributed by atoms with Crippen LogP contribution in [0.2, 0.25) is 0 Å². The molecule has 2 rings (SSSR count). The van der Waals surface area contributed by atoms with Crippen molar-refractivity contribution in [2.45, 2.75) is 43.0 Å². The number of thioether (sulfide) groups is 1. The van der Waals surface area contributed by atoms with Crippen molar-refractivity contribution >= 4 is 33.3 Å². The lowest BCUT2D eigenvalue weighted by molar-refractivity contribution is 0.265. The normalized spacial score (nSPS) is 21.1. The number of hydrogen-bond acceptors (Lipinski definition) is 5. The fraction of sp³-hybridized carbons (Fsp3) is 0.750. The Labute approximate surface area is 129 Å². The third-order valence-electron chi connectivity index (χ3n) is 3.29. The monoisotopic (exact) mass is 335 g/mol. The van der Waals surface area contributed by atoms with Gasteiger partial charge in [-0.05, 0) is 26.2 Å². The maximum absolute atomic E-state index is 12.2. The zero-order valence-electron chi connectivity index (χ0n) is 11.6. The highest BCUT2D eigenvalue weighted by atomic mass is 32.2. The van der Waals surface area contributed by atoms with Crippen molar-refractivity contribution in [1.82, 2.24) is 14.0 Å². The molecule has 1 aliphatic heterocycles. The lowest BCUT2D eigenvalue weighted by Gasteiger charge is -2.32. The van der Waals surface area contributed by atoms with Crippen LogP contribution in [0.4, 0.5) is 0 Å². The third-order valence-corrected chi connectivity index (χ3v) is 7.07. The Hall–Kier alpha value is -0.150. The summed E-state index contributed by atoms with van der Waals surface area (Å²) in [5.41, 5.74) is 0. The summed E-state index contributed by atoms with van der Waals surface area (Å²) in [7, 11) is -3.31. The smallest absolute Gasteiger partial charge is 0.238 e. The summed E-state index contributed by atoms with van der Waals surface area (Å²) in [6.45, 7) is 3.12. The Kier molecular flexibility index (Phi) is 6.28. The lowest BCUT2D eigenvalue weighted by atomic mass is 10.1. The number of rotatable bonds is 7. The van der Waals surface area contributed by atoms with Crippen molar-refractivity contribution < 1.29 is 8.42 Å². The van der Waals surface area contributed by atoms with Crippen LogP contribution in [0.25, 0.3) is 0 Å². The first-order valence-electron chi connectivity index (χ1n) is 6.88. The van der Waals surface area contributed by atoms with Gasteiger partial charge < -0.3 is 0 Å². The van der Waals surface area contributed by atoms with E-state index in [0.29, 0.717) is 13.1 Å². The topological polar surface area (TPSA) is 62.3 Å². The minimum absolute atomic E-state index is 0.117. The Morgan fingerprint density at radius 2 is 2.40 bits per heavy atom. The largest absolute Gasteiger partial charge is 0.279 e. The number of nitrogens with one attached hydrogen (secondary N) is 1. The van der Waals surface area contributed by atoms with E-state index in [1.165, 1.54) is 0 Å². The summed E-state index contributed by atoms with van der Waals surface area (Å²) >= 11 is 3.29. The number of nitrogens with zero attached hydrogens (tertiary/aromatic N) is 2. The highest BCUT2D eigenvalue weighted by molar-refractivity contribution is 8.01. The van der Waals surface area contributed by atoms with Crippen molar-refractivity contribution in [3.63, 3.8) is 0 Å². The molecule has 0 saturated carbocycles. The van der Waals surface area contributed by atoms with E-state index in [4.69, 9.17) is 0 Å². The van der Waals surface area contributed by atoms with E-state index in [0.717, 1.165) is 35.8 Å². The van der Waals surface area contributed by atoms with Gasteiger partial charge in [-0.2, -0.15) is 12.7 Å². The maximum Gasteiger partial charge on any atom is 0.279 e. The van der Waals surface area contributed by atoms with Crippen molar-refractivity contribution in [2.24, 2.45) is 0 Å². The van der Waals surface area contributed by atoms with Crippen LogP contribution in [0, 0.1) is 0 Å². The number of piperidine rings is 1. The first kappa shape index (κ1) is 16.2. The van der Waals surface area contributed by atoms with Crippen molar-refractivity contribution in [3.05, 3.63) is 11.6 Å². The van der Waals surface area contributed by atoms with Crippen LogP contribution >= 0.6 is 23.1 Å². The van der Waals surface area contributed by atoms with Gasteiger partial charge in [-0.15, -0.1) is 11.3 Å². The molecule has 1 aliphatic rings. The summed E-state index contributed by atoms with van der Waals surface area (Å²) in [6, 6.07) is 0.117. The van der Waals surface area contributed by atoms with Gasteiger partial charge in [-0.3, -0.25) is 0 Å². The first-order valence-corrected chi connectivity index (χ1v) is 10.2. The van der Waals surface area contributed by atoms with E-state index in [-0.39, 0.29) is 6.04 Å². The van der Waals surface area contributed by atoms with Gasteiger partial charge in [-0.25, -0.2) is 9.71 Å². The fourth-order valence-electron chi connectivity index (χ4n) is 2.23. The average molecular weight is 336 g/mol. The van der Waals surface area contributed by atoms with Gasteiger partial charge in [0.15, 0.2) is 0 Å². The first-order chi connectivity index (χ1) is 9.59. The van der Waals surface area contributed by atoms with Crippen LogP contribution in [0.1, 0.15) is 32.6 Å². The molecule has 1 aromatic rings. The summed E-state index contributed by atoms with van der Waals surface area (Å²) < 4.78 is 29.7. The van der Waals surface area contributed by atoms with Crippen molar-refractivity contribution in [2.75, 3.05) is 18.8 Å². The molecular weight excluding hydrogens is 314 g/mol. The highest BCUT2D eigenvalue weighted by Crippen LogP contribution is 2.21. The average Bonchev–Trinajstić information content (AvgIpc) is 2.91. The summed E-state index contributed by atoms with van der Waals surface area (Å²) in [4.78, 5) is 4.18. The van der Waals surface area contributed by atoms with Crippen molar-refractivity contribution in [3.8, 4) is 0 Å². The van der Waals surface area contributed by atoms with Gasteiger partial charge in [0.25, 0.3) is 10.2 Å². The quantitative estimate of drug-likeness (QED) is 0.614. The number of hydrogen-bond donors (Lipinski definition) is 1. The molecule has 0 bridgehead atoms. The molecule has 0 radical (unpaired) electrons. The van der Waals surface area contributed by atoms with Crippen LogP contribution in [-0.2, 0) is 10.2 Å². The van der Waals surface area contributed by atoms with E-state index in [1.807, 2.05) is 12.3 Å².